The number of ether oxygens (including phenoxy) is 1. The molecular weight excluding hydrogens is 282 g/mol. The zero-order chi connectivity index (χ0) is 14.7. The Morgan fingerprint density at radius 1 is 1.35 bits per heavy atom. The van der Waals surface area contributed by atoms with E-state index in [4.69, 9.17) is 11.0 Å². The van der Waals surface area contributed by atoms with Crippen LogP contribution in [0.15, 0.2) is 24.3 Å². The number of hydrogen-bond donors (Lipinski definition) is 1. The first kappa shape index (κ1) is 14.3. The van der Waals surface area contributed by atoms with Crippen LogP contribution < -0.4 is 10.5 Å². The maximum absolute atomic E-state index is 12.1. The smallest absolute Gasteiger partial charge is 0.387 e. The van der Waals surface area contributed by atoms with Crippen molar-refractivity contribution in [3.8, 4) is 22.3 Å². The van der Waals surface area contributed by atoms with Crippen LogP contribution in [0.3, 0.4) is 0 Å². The Hall–Kier alpha value is -2.13. The molecule has 1 aromatic heterocycles. The third-order valence-corrected chi connectivity index (χ3v) is 4.05. The highest BCUT2D eigenvalue weighted by atomic mass is 32.1. The Labute approximate surface area is 119 Å². The number of thiophene rings is 1. The molecule has 1 heterocycles. The maximum Gasteiger partial charge on any atom is 0.387 e. The summed E-state index contributed by atoms with van der Waals surface area (Å²) in [6, 6.07) is 8.39. The van der Waals surface area contributed by atoms with Gasteiger partial charge >= 0.3 is 6.61 Å². The molecule has 0 aliphatic carbocycles. The van der Waals surface area contributed by atoms with E-state index in [1.807, 2.05) is 6.92 Å². The van der Waals surface area contributed by atoms with Gasteiger partial charge in [0.1, 0.15) is 16.7 Å². The number of benzene rings is 1. The molecule has 1 aromatic carbocycles. The van der Waals surface area contributed by atoms with Crippen molar-refractivity contribution in [2.45, 2.75) is 20.0 Å². The molecule has 0 amide bonds. The Kier molecular flexibility index (Phi) is 4.20. The number of nitrogen functional groups attached to an aromatic ring is 1. The third-order valence-electron chi connectivity index (χ3n) is 2.84. The average molecular weight is 294 g/mol. The van der Waals surface area contributed by atoms with E-state index in [1.165, 1.54) is 23.5 Å². The fraction of sp³-hybridized carbons (Fsp3) is 0.214. The number of rotatable bonds is 4. The second-order valence-electron chi connectivity index (χ2n) is 4.02. The average Bonchev–Trinajstić information content (AvgIpc) is 2.75. The number of hydrogen-bond acceptors (Lipinski definition) is 4. The summed E-state index contributed by atoms with van der Waals surface area (Å²) < 4.78 is 28.5. The molecule has 3 nitrogen and oxygen atoms in total. The van der Waals surface area contributed by atoms with Crippen molar-refractivity contribution in [1.82, 2.24) is 0 Å². The van der Waals surface area contributed by atoms with Gasteiger partial charge in [0.2, 0.25) is 0 Å². The van der Waals surface area contributed by atoms with Crippen LogP contribution >= 0.6 is 11.3 Å². The van der Waals surface area contributed by atoms with Crippen molar-refractivity contribution >= 4 is 17.0 Å². The Morgan fingerprint density at radius 3 is 2.50 bits per heavy atom. The molecule has 2 aromatic rings. The van der Waals surface area contributed by atoms with Crippen molar-refractivity contribution in [3.05, 3.63) is 34.7 Å². The van der Waals surface area contributed by atoms with Crippen molar-refractivity contribution in [2.75, 3.05) is 5.73 Å². The van der Waals surface area contributed by atoms with Crippen molar-refractivity contribution < 1.29 is 13.5 Å². The topological polar surface area (TPSA) is 59.0 Å². The number of nitrogens with zero attached hydrogens (tertiary/aromatic N) is 1. The molecule has 0 fully saturated rings. The number of halogens is 2. The fourth-order valence-corrected chi connectivity index (χ4v) is 3.05. The highest BCUT2D eigenvalue weighted by molar-refractivity contribution is 7.16. The Morgan fingerprint density at radius 2 is 2.00 bits per heavy atom. The summed E-state index contributed by atoms with van der Waals surface area (Å²) in [7, 11) is 0. The van der Waals surface area contributed by atoms with E-state index in [-0.39, 0.29) is 5.75 Å². The highest BCUT2D eigenvalue weighted by Crippen LogP contribution is 2.39. The molecule has 2 rings (SSSR count). The third kappa shape index (κ3) is 2.73. The molecule has 0 bridgehead atoms. The van der Waals surface area contributed by atoms with Crippen LogP contribution in [-0.4, -0.2) is 6.61 Å². The molecule has 0 saturated heterocycles. The molecule has 0 radical (unpaired) electrons. The molecular formula is C14H12F2N2OS. The SMILES string of the molecule is CCc1c(-c2ccc(OC(F)F)cc2)sc(C#N)c1N. The Balaban J connectivity index is 2.39. The predicted molar refractivity (Wildman–Crippen MR) is 74.9 cm³/mol. The van der Waals surface area contributed by atoms with E-state index in [0.29, 0.717) is 17.0 Å². The number of nitriles is 1. The normalized spacial score (nSPS) is 10.6. The lowest BCUT2D eigenvalue weighted by molar-refractivity contribution is -0.0498. The van der Waals surface area contributed by atoms with Gasteiger partial charge in [0.15, 0.2) is 0 Å². The second-order valence-corrected chi connectivity index (χ2v) is 5.04. The molecule has 0 saturated carbocycles. The van der Waals surface area contributed by atoms with Crippen LogP contribution in [0.2, 0.25) is 0 Å². The monoisotopic (exact) mass is 294 g/mol. The van der Waals surface area contributed by atoms with Crippen LogP contribution in [-0.2, 0) is 6.42 Å². The van der Waals surface area contributed by atoms with E-state index in [9.17, 15) is 8.78 Å². The highest BCUT2D eigenvalue weighted by Gasteiger charge is 2.16. The molecule has 6 heteroatoms. The first-order valence-electron chi connectivity index (χ1n) is 5.93. The molecule has 0 aliphatic rings. The molecule has 0 unspecified atom stereocenters. The summed E-state index contributed by atoms with van der Waals surface area (Å²) in [6.07, 6.45) is 0.703. The van der Waals surface area contributed by atoms with Crippen LogP contribution in [0.1, 0.15) is 17.4 Å². The van der Waals surface area contributed by atoms with Gasteiger partial charge in [0.25, 0.3) is 0 Å². The predicted octanol–water partition coefficient (Wildman–Crippen LogP) is 4.03. The first-order chi connectivity index (χ1) is 9.56. The van der Waals surface area contributed by atoms with Crippen molar-refractivity contribution in [1.29, 1.82) is 5.26 Å². The number of anilines is 1. The maximum atomic E-state index is 12.1. The van der Waals surface area contributed by atoms with Gasteiger partial charge in [-0.25, -0.2) is 0 Å². The molecule has 0 atom stereocenters. The lowest BCUT2D eigenvalue weighted by Crippen LogP contribution is -2.01. The van der Waals surface area contributed by atoms with E-state index < -0.39 is 6.61 Å². The van der Waals surface area contributed by atoms with Gasteiger partial charge in [0.05, 0.1) is 5.69 Å². The minimum Gasteiger partial charge on any atom is -0.435 e. The van der Waals surface area contributed by atoms with Crippen LogP contribution in [0, 0.1) is 11.3 Å². The Bertz CT molecular complexity index is 644. The quantitative estimate of drug-likeness (QED) is 0.926. The summed E-state index contributed by atoms with van der Waals surface area (Å²) in [5, 5.41) is 9.02. The van der Waals surface area contributed by atoms with Crippen LogP contribution in [0.5, 0.6) is 5.75 Å². The molecule has 0 aliphatic heterocycles. The van der Waals surface area contributed by atoms with Gasteiger partial charge in [0, 0.05) is 4.88 Å². The van der Waals surface area contributed by atoms with Gasteiger partial charge in [-0.15, -0.1) is 11.3 Å². The van der Waals surface area contributed by atoms with E-state index in [2.05, 4.69) is 10.8 Å². The van der Waals surface area contributed by atoms with Crippen LogP contribution in [0.4, 0.5) is 14.5 Å². The largest absolute Gasteiger partial charge is 0.435 e. The van der Waals surface area contributed by atoms with Crippen molar-refractivity contribution in [2.24, 2.45) is 0 Å². The summed E-state index contributed by atoms with van der Waals surface area (Å²) in [5.74, 6) is 0.104. The van der Waals surface area contributed by atoms with E-state index >= 15 is 0 Å². The summed E-state index contributed by atoms with van der Waals surface area (Å²) in [6.45, 7) is -0.883. The lowest BCUT2D eigenvalue weighted by atomic mass is 10.1. The minimum absolute atomic E-state index is 0.104. The standard InChI is InChI=1S/C14H12F2N2OS/c1-2-10-12(18)11(7-17)20-13(10)8-3-5-9(6-4-8)19-14(15)16/h3-6,14H,2,18H2,1H3. The van der Waals surface area contributed by atoms with Gasteiger partial charge in [-0.3, -0.25) is 0 Å². The molecule has 104 valence electrons. The van der Waals surface area contributed by atoms with Gasteiger partial charge in [-0.1, -0.05) is 6.92 Å². The van der Waals surface area contributed by atoms with Crippen LogP contribution in [0.25, 0.3) is 10.4 Å². The van der Waals surface area contributed by atoms with E-state index in [1.54, 1.807) is 12.1 Å². The fourth-order valence-electron chi connectivity index (χ4n) is 1.93. The molecule has 2 N–H and O–H groups in total. The minimum atomic E-state index is -2.84. The molecule has 20 heavy (non-hydrogen) atoms. The summed E-state index contributed by atoms with van der Waals surface area (Å²) in [4.78, 5) is 1.37. The number of alkyl halides is 2. The summed E-state index contributed by atoms with van der Waals surface area (Å²) in [5.41, 5.74) is 8.17. The van der Waals surface area contributed by atoms with Gasteiger partial charge < -0.3 is 10.5 Å². The summed E-state index contributed by atoms with van der Waals surface area (Å²) >= 11 is 1.31. The first-order valence-corrected chi connectivity index (χ1v) is 6.75. The van der Waals surface area contributed by atoms with Gasteiger partial charge in [-0.2, -0.15) is 14.0 Å². The number of nitrogens with two attached hydrogens (primary N) is 1. The van der Waals surface area contributed by atoms with E-state index in [0.717, 1.165) is 16.0 Å². The zero-order valence-electron chi connectivity index (χ0n) is 10.7. The van der Waals surface area contributed by atoms with Crippen molar-refractivity contribution in [3.63, 3.8) is 0 Å². The molecule has 0 spiro atoms. The zero-order valence-corrected chi connectivity index (χ0v) is 11.5. The second kappa shape index (κ2) is 5.88. The lowest BCUT2D eigenvalue weighted by Gasteiger charge is -2.06. The van der Waals surface area contributed by atoms with Gasteiger partial charge in [-0.05, 0) is 41.8 Å².